The topological polar surface area (TPSA) is 33.1 Å². The maximum Gasteiger partial charge on any atom is 0.181 e. The minimum absolute atomic E-state index is 0.0271. The molecule has 4 aromatic rings. The van der Waals surface area contributed by atoms with Crippen molar-refractivity contribution in [2.24, 2.45) is 0 Å². The van der Waals surface area contributed by atoms with Gasteiger partial charge in [-0.2, -0.15) is 5.26 Å². The molecule has 0 fully saturated rings. The van der Waals surface area contributed by atoms with E-state index in [2.05, 4.69) is 92.7 Å². The van der Waals surface area contributed by atoms with Gasteiger partial charge >= 0.3 is 0 Å². The number of fused-ring (bicyclic) bond motifs is 3. The van der Waals surface area contributed by atoms with Gasteiger partial charge in [-0.1, -0.05) is 47.6 Å². The third-order valence-corrected chi connectivity index (χ3v) is 8.05. The Balaban J connectivity index is 2.08. The molecule has 0 spiro atoms. The van der Waals surface area contributed by atoms with Gasteiger partial charge in [-0.05, 0) is 58.5 Å². The van der Waals surface area contributed by atoms with Crippen LogP contribution in [0.4, 0.5) is 0 Å². The monoisotopic (exact) mass is 457 g/mol. The normalized spacial score (nSPS) is 13.3. The van der Waals surface area contributed by atoms with Crippen molar-refractivity contribution in [1.29, 1.82) is 5.26 Å². The lowest BCUT2D eigenvalue weighted by Crippen LogP contribution is -2.17. The molecule has 0 N–H and O–H groups in total. The second-order valence-electron chi connectivity index (χ2n) is 10.2. The number of benzene rings is 1. The van der Waals surface area contributed by atoms with E-state index in [0.29, 0.717) is 11.3 Å². The molecule has 3 aromatic heterocycles. The van der Waals surface area contributed by atoms with Crippen molar-refractivity contribution >= 4 is 48.7 Å². The van der Waals surface area contributed by atoms with Crippen LogP contribution in [0.3, 0.4) is 0 Å². The van der Waals surface area contributed by atoms with E-state index in [1.54, 1.807) is 29.6 Å². The fourth-order valence-corrected chi connectivity index (χ4v) is 6.10. The van der Waals surface area contributed by atoms with Crippen molar-refractivity contribution in [2.45, 2.75) is 59.3 Å². The number of thiophene rings is 2. The minimum atomic E-state index is 0.0271. The Morgan fingerprint density at radius 2 is 1.59 bits per heavy atom. The molecule has 4 rings (SSSR count). The maximum atomic E-state index is 9.71. The molecule has 0 saturated heterocycles. The predicted octanol–water partition coefficient (Wildman–Crippen LogP) is 8.68. The lowest BCUT2D eigenvalue weighted by atomic mass is 9.80. The first-order chi connectivity index (χ1) is 15.0. The van der Waals surface area contributed by atoms with Crippen LogP contribution in [0.1, 0.15) is 64.5 Å². The third kappa shape index (κ3) is 3.66. The van der Waals surface area contributed by atoms with Gasteiger partial charge in [0, 0.05) is 10.6 Å². The van der Waals surface area contributed by atoms with E-state index in [9.17, 15) is 5.26 Å². The molecule has 3 heterocycles. The summed E-state index contributed by atoms with van der Waals surface area (Å²) in [5, 5.41) is 11.8. The van der Waals surface area contributed by atoms with Gasteiger partial charge in [-0.25, -0.2) is 4.85 Å². The number of nitrogens with zero attached hydrogens (tertiary/aromatic N) is 3. The highest BCUT2D eigenvalue weighted by Crippen LogP contribution is 2.43. The number of hydrogen-bond acceptors (Lipinski definition) is 3. The van der Waals surface area contributed by atoms with Crippen molar-refractivity contribution in [3.63, 3.8) is 0 Å². The van der Waals surface area contributed by atoms with Gasteiger partial charge in [0.15, 0.2) is 5.70 Å². The van der Waals surface area contributed by atoms with E-state index in [-0.39, 0.29) is 10.8 Å². The summed E-state index contributed by atoms with van der Waals surface area (Å²) in [5.41, 5.74) is 7.02. The maximum absolute atomic E-state index is 9.71. The largest absolute Gasteiger partial charge is 0.307 e. The van der Waals surface area contributed by atoms with E-state index >= 15 is 0 Å². The van der Waals surface area contributed by atoms with E-state index in [0.717, 1.165) is 16.1 Å². The summed E-state index contributed by atoms with van der Waals surface area (Å²) in [6.45, 7) is 22.6. The van der Waals surface area contributed by atoms with Gasteiger partial charge in [0.1, 0.15) is 0 Å². The molecule has 5 heteroatoms. The van der Waals surface area contributed by atoms with Gasteiger partial charge in [0.25, 0.3) is 0 Å². The number of aromatic nitrogens is 1. The van der Waals surface area contributed by atoms with Crippen LogP contribution in [0.25, 0.3) is 36.5 Å². The molecule has 0 aliphatic carbocycles. The van der Waals surface area contributed by atoms with Crippen molar-refractivity contribution in [1.82, 2.24) is 4.57 Å². The quantitative estimate of drug-likeness (QED) is 0.219. The first-order valence-electron chi connectivity index (χ1n) is 10.6. The zero-order valence-electron chi connectivity index (χ0n) is 19.6. The molecule has 0 atom stereocenters. The number of hydrogen-bond donors (Lipinski definition) is 0. The molecule has 162 valence electrons. The van der Waals surface area contributed by atoms with Crippen molar-refractivity contribution in [3.8, 4) is 11.8 Å². The highest BCUT2D eigenvalue weighted by molar-refractivity contribution is 7.27. The van der Waals surface area contributed by atoms with Gasteiger partial charge in [0.05, 0.1) is 38.6 Å². The zero-order valence-corrected chi connectivity index (χ0v) is 21.3. The lowest BCUT2D eigenvalue weighted by Gasteiger charge is -2.26. The average molecular weight is 458 g/mol. The second kappa shape index (κ2) is 7.62. The molecule has 3 nitrogen and oxygen atoms in total. The molecule has 0 aliphatic rings. The third-order valence-electron chi connectivity index (χ3n) is 5.84. The number of allylic oxidation sites excluding steroid dienone is 2. The van der Waals surface area contributed by atoms with E-state index in [4.69, 9.17) is 6.57 Å². The minimum Gasteiger partial charge on any atom is -0.307 e. The number of nitriles is 1. The summed E-state index contributed by atoms with van der Waals surface area (Å²) in [5.74, 6) is 0. The van der Waals surface area contributed by atoms with Crippen LogP contribution in [-0.4, -0.2) is 4.57 Å². The van der Waals surface area contributed by atoms with Crippen LogP contribution in [0, 0.1) is 17.9 Å². The van der Waals surface area contributed by atoms with E-state index < -0.39 is 0 Å². The summed E-state index contributed by atoms with van der Waals surface area (Å²) in [4.78, 5) is 4.37. The first-order valence-corrected chi connectivity index (χ1v) is 12.3. The fourth-order valence-electron chi connectivity index (χ4n) is 3.87. The van der Waals surface area contributed by atoms with Crippen LogP contribution in [0.5, 0.6) is 0 Å². The SMILES string of the molecule is [C-]#[N+]/C(C)=C(/C#N)c1cc2c(s1)c1sccc1n2-c1cc(C(C)(C)C)cc(C(C)(C)C)c1. The molecular formula is C27H27N3S2. The fraction of sp³-hybridized carbons (Fsp3) is 0.333. The molecule has 1 aromatic carbocycles. The summed E-state index contributed by atoms with van der Waals surface area (Å²) in [6, 6.07) is 13.4. The predicted molar refractivity (Wildman–Crippen MR) is 139 cm³/mol. The Morgan fingerprint density at radius 3 is 2.12 bits per heavy atom. The van der Waals surface area contributed by atoms with Gasteiger partial charge in [-0.3, -0.25) is 0 Å². The summed E-state index contributed by atoms with van der Waals surface area (Å²) < 4.78 is 4.73. The standard InChI is InChI=1S/C27H27N3S2/c1-16(29-8)20(15-28)23-14-22-25(32-23)24-21(9-10-31-24)30(22)19-12-17(26(2,3)4)11-18(13-19)27(5,6)7/h9-14H,1-7H3/b20-16-. The van der Waals surface area contributed by atoms with Crippen molar-refractivity contribution in [2.75, 3.05) is 0 Å². The van der Waals surface area contributed by atoms with Crippen LogP contribution in [0.15, 0.2) is 41.4 Å². The number of rotatable bonds is 2. The van der Waals surface area contributed by atoms with Gasteiger partial charge < -0.3 is 4.57 Å². The Kier molecular flexibility index (Phi) is 5.32. The van der Waals surface area contributed by atoms with E-state index in [1.165, 1.54) is 26.0 Å². The molecule has 0 aliphatic heterocycles. The van der Waals surface area contributed by atoms with Crippen LogP contribution in [-0.2, 0) is 10.8 Å². The average Bonchev–Trinajstić information content (AvgIpc) is 3.39. The molecule has 0 unspecified atom stereocenters. The summed E-state index contributed by atoms with van der Waals surface area (Å²) in [6.07, 6.45) is 0. The zero-order chi connectivity index (χ0) is 23.4. The van der Waals surface area contributed by atoms with Crippen LogP contribution < -0.4 is 0 Å². The Morgan fingerprint density at radius 1 is 0.969 bits per heavy atom. The van der Waals surface area contributed by atoms with Gasteiger partial charge in [-0.15, -0.1) is 22.7 Å². The van der Waals surface area contributed by atoms with E-state index in [1.807, 2.05) is 0 Å². The molecule has 0 radical (unpaired) electrons. The molecule has 0 amide bonds. The summed E-state index contributed by atoms with van der Waals surface area (Å²) >= 11 is 3.34. The first kappa shape index (κ1) is 22.3. The smallest absolute Gasteiger partial charge is 0.181 e. The lowest BCUT2D eigenvalue weighted by molar-refractivity contribution is 0.568. The van der Waals surface area contributed by atoms with Crippen molar-refractivity contribution in [3.05, 3.63) is 68.8 Å². The Labute approximate surface area is 198 Å². The van der Waals surface area contributed by atoms with Crippen LogP contribution in [0.2, 0.25) is 0 Å². The van der Waals surface area contributed by atoms with Crippen molar-refractivity contribution < 1.29 is 0 Å². The molecule has 0 bridgehead atoms. The highest BCUT2D eigenvalue weighted by Gasteiger charge is 2.24. The summed E-state index contributed by atoms with van der Waals surface area (Å²) in [7, 11) is 0. The molecule has 0 saturated carbocycles. The molecular weight excluding hydrogens is 430 g/mol. The van der Waals surface area contributed by atoms with Crippen LogP contribution >= 0.6 is 22.7 Å². The molecule has 32 heavy (non-hydrogen) atoms. The highest BCUT2D eigenvalue weighted by atomic mass is 32.1. The van der Waals surface area contributed by atoms with Gasteiger partial charge in [0.2, 0.25) is 0 Å². The Hall–Kier alpha value is -2.86. The Bertz CT molecular complexity index is 1430. The second-order valence-corrected chi connectivity index (χ2v) is 12.2.